The molecule has 1 amide bonds. The molecule has 452 valence electrons. The number of nitrogens with zero attached hydrogens (tertiary/aromatic N) is 1. The van der Waals surface area contributed by atoms with Gasteiger partial charge in [-0.3, -0.25) is 13.8 Å². The summed E-state index contributed by atoms with van der Waals surface area (Å²) < 4.78 is 23.9. The average Bonchev–Trinajstić information content (AvgIpc) is 3.39. The van der Waals surface area contributed by atoms with Crippen molar-refractivity contribution in [3.8, 4) is 0 Å². The topological polar surface area (TPSA) is 105 Å². The fourth-order valence-electron chi connectivity index (χ4n) is 9.90. The molecule has 9 heteroatoms. The molecule has 3 N–H and O–H groups in total. The number of hydrogen-bond acceptors (Lipinski definition) is 5. The predicted octanol–water partition coefficient (Wildman–Crippen LogP) is 20.8. The van der Waals surface area contributed by atoms with Crippen LogP contribution in [-0.4, -0.2) is 73.4 Å². The van der Waals surface area contributed by atoms with Crippen LogP contribution in [0.3, 0.4) is 0 Å². The lowest BCUT2D eigenvalue weighted by Crippen LogP contribution is -2.46. The molecule has 0 aromatic heterocycles. The van der Waals surface area contributed by atoms with Crippen molar-refractivity contribution in [2.75, 3.05) is 40.9 Å². The monoisotopic (exact) mass is 1100 g/mol. The van der Waals surface area contributed by atoms with Crippen molar-refractivity contribution in [1.82, 2.24) is 5.32 Å². The summed E-state index contributed by atoms with van der Waals surface area (Å²) in [6.45, 7) is 4.81. The first-order valence-electron chi connectivity index (χ1n) is 33.2. The first kappa shape index (κ1) is 75.2. The molecule has 0 aromatic carbocycles. The maximum Gasteiger partial charge on any atom is 0.472 e. The Bertz CT molecular complexity index is 1440. The van der Waals surface area contributed by atoms with Gasteiger partial charge in [0, 0.05) is 6.42 Å². The Morgan fingerprint density at radius 2 is 0.779 bits per heavy atom. The lowest BCUT2D eigenvalue weighted by atomic mass is 10.0. The second-order valence-electron chi connectivity index (χ2n) is 23.8. The van der Waals surface area contributed by atoms with E-state index in [1.54, 1.807) is 0 Å². The van der Waals surface area contributed by atoms with Crippen molar-refractivity contribution in [3.05, 3.63) is 60.8 Å². The molecular formula is C68H130N2O6P+. The molecule has 3 atom stereocenters. The third-order valence-electron chi connectivity index (χ3n) is 15.0. The fourth-order valence-corrected chi connectivity index (χ4v) is 10.6. The summed E-state index contributed by atoms with van der Waals surface area (Å²) in [7, 11) is 1.62. The van der Waals surface area contributed by atoms with E-state index in [1.807, 2.05) is 21.1 Å². The molecule has 0 aromatic rings. The summed E-state index contributed by atoms with van der Waals surface area (Å²) in [6, 6.07) is -0.765. The van der Waals surface area contributed by atoms with Gasteiger partial charge in [-0.15, -0.1) is 0 Å². The number of carbonyl (C=O) groups excluding carboxylic acids is 1. The van der Waals surface area contributed by atoms with Crippen LogP contribution >= 0.6 is 7.82 Å². The highest BCUT2D eigenvalue weighted by atomic mass is 31.2. The Kier molecular flexibility index (Phi) is 57.5. The predicted molar refractivity (Wildman–Crippen MR) is 337 cm³/mol. The Labute approximate surface area is 479 Å². The van der Waals surface area contributed by atoms with Crippen molar-refractivity contribution in [2.24, 2.45) is 0 Å². The van der Waals surface area contributed by atoms with Gasteiger partial charge in [-0.25, -0.2) is 4.57 Å². The minimum atomic E-state index is -4.33. The fraction of sp³-hybridized carbons (Fsp3) is 0.838. The number of nitrogens with one attached hydrogen (secondary N) is 1. The van der Waals surface area contributed by atoms with Gasteiger partial charge < -0.3 is 19.8 Å². The van der Waals surface area contributed by atoms with Gasteiger partial charge in [0.15, 0.2) is 0 Å². The van der Waals surface area contributed by atoms with Crippen LogP contribution in [0.15, 0.2) is 60.8 Å². The van der Waals surface area contributed by atoms with Gasteiger partial charge in [0.25, 0.3) is 0 Å². The maximum absolute atomic E-state index is 13.1. The summed E-state index contributed by atoms with van der Waals surface area (Å²) >= 11 is 0. The second-order valence-corrected chi connectivity index (χ2v) is 25.3. The highest BCUT2D eigenvalue weighted by molar-refractivity contribution is 7.47. The van der Waals surface area contributed by atoms with Crippen molar-refractivity contribution in [3.63, 3.8) is 0 Å². The highest BCUT2D eigenvalue weighted by Gasteiger charge is 2.28. The molecule has 0 saturated heterocycles. The van der Waals surface area contributed by atoms with E-state index in [0.717, 1.165) is 70.6 Å². The number of allylic oxidation sites excluding steroid dienone is 10. The van der Waals surface area contributed by atoms with Crippen LogP contribution in [0, 0.1) is 0 Å². The number of rotatable bonds is 61. The van der Waals surface area contributed by atoms with E-state index in [-0.39, 0.29) is 19.1 Å². The number of likely N-dealkylation sites (N-methyl/N-ethyl adjacent to an activating group) is 1. The van der Waals surface area contributed by atoms with Crippen LogP contribution in [0.25, 0.3) is 0 Å². The van der Waals surface area contributed by atoms with Crippen molar-refractivity contribution in [1.29, 1.82) is 0 Å². The van der Waals surface area contributed by atoms with E-state index in [0.29, 0.717) is 23.9 Å². The van der Waals surface area contributed by atoms with Crippen LogP contribution in [0.1, 0.15) is 316 Å². The van der Waals surface area contributed by atoms with E-state index in [1.165, 1.54) is 218 Å². The van der Waals surface area contributed by atoms with Crippen molar-refractivity contribution < 1.29 is 32.9 Å². The highest BCUT2D eigenvalue weighted by Crippen LogP contribution is 2.43. The second kappa shape index (κ2) is 58.8. The molecule has 0 fully saturated rings. The first-order valence-corrected chi connectivity index (χ1v) is 34.6. The molecule has 8 nitrogen and oxygen atoms in total. The third-order valence-corrected chi connectivity index (χ3v) is 16.0. The van der Waals surface area contributed by atoms with Crippen LogP contribution in [0.4, 0.5) is 0 Å². The minimum absolute atomic E-state index is 0.0738. The zero-order valence-corrected chi connectivity index (χ0v) is 52.6. The number of amides is 1. The number of aliphatic hydroxyl groups excluding tert-OH is 1. The minimum Gasteiger partial charge on any atom is -0.391 e. The smallest absolute Gasteiger partial charge is 0.391 e. The number of hydrogen-bond donors (Lipinski definition) is 3. The van der Waals surface area contributed by atoms with E-state index >= 15 is 0 Å². The molecular weight excluding hydrogens is 972 g/mol. The Morgan fingerprint density at radius 1 is 0.455 bits per heavy atom. The maximum atomic E-state index is 13.1. The van der Waals surface area contributed by atoms with Gasteiger partial charge in [0.05, 0.1) is 39.9 Å². The zero-order chi connectivity index (χ0) is 56.3. The summed E-state index contributed by atoms with van der Waals surface area (Å²) in [5.41, 5.74) is 0. The van der Waals surface area contributed by atoms with E-state index in [9.17, 15) is 19.4 Å². The van der Waals surface area contributed by atoms with E-state index < -0.39 is 20.0 Å². The molecule has 0 aliphatic carbocycles. The normalized spacial score (nSPS) is 14.1. The number of phosphoric acid groups is 1. The number of unbranched alkanes of at least 4 members (excludes halogenated alkanes) is 38. The molecule has 0 aliphatic rings. The van der Waals surface area contributed by atoms with Crippen LogP contribution in [-0.2, 0) is 18.4 Å². The zero-order valence-electron chi connectivity index (χ0n) is 51.7. The number of aliphatic hydroxyl groups is 1. The lowest BCUT2D eigenvalue weighted by molar-refractivity contribution is -0.870. The first-order chi connectivity index (χ1) is 37.5. The largest absolute Gasteiger partial charge is 0.472 e. The number of phosphoric ester groups is 1. The Balaban J connectivity index is 4.08. The molecule has 77 heavy (non-hydrogen) atoms. The van der Waals surface area contributed by atoms with Gasteiger partial charge >= 0.3 is 7.82 Å². The molecule has 0 saturated carbocycles. The molecule has 0 radical (unpaired) electrons. The van der Waals surface area contributed by atoms with Gasteiger partial charge in [-0.2, -0.15) is 0 Å². The Morgan fingerprint density at radius 3 is 1.14 bits per heavy atom. The Hall–Kier alpha value is -1.80. The molecule has 3 unspecified atom stereocenters. The van der Waals surface area contributed by atoms with Crippen LogP contribution < -0.4 is 5.32 Å². The molecule has 0 aliphatic heterocycles. The molecule has 0 heterocycles. The lowest BCUT2D eigenvalue weighted by Gasteiger charge is -2.26. The quantitative estimate of drug-likeness (QED) is 0.0243. The van der Waals surface area contributed by atoms with Crippen LogP contribution in [0.2, 0.25) is 0 Å². The van der Waals surface area contributed by atoms with E-state index in [2.05, 4.69) is 79.9 Å². The molecule has 0 bridgehead atoms. The third kappa shape index (κ3) is 61.7. The SMILES string of the molecule is CC/C=C\C/C=C\C/C=C\C/C=C\C/C=C\CCCCCCCCCCCCCCCC(=O)NC(COP(=O)(O)OCC[N+](C)(C)C)C(O)CCCCCCCCCCCCCCCCCCCCCCCCCCCC. The van der Waals surface area contributed by atoms with Crippen LogP contribution in [0.5, 0.6) is 0 Å². The van der Waals surface area contributed by atoms with E-state index in [4.69, 9.17) is 9.05 Å². The van der Waals surface area contributed by atoms with Gasteiger partial charge in [-0.05, 0) is 57.8 Å². The molecule has 0 rings (SSSR count). The summed E-state index contributed by atoms with van der Waals surface area (Å²) in [5.74, 6) is -0.143. The van der Waals surface area contributed by atoms with Gasteiger partial charge in [-0.1, -0.05) is 312 Å². The average molecular weight is 1100 g/mol. The van der Waals surface area contributed by atoms with Gasteiger partial charge in [0.2, 0.25) is 5.91 Å². The summed E-state index contributed by atoms with van der Waals surface area (Å²) in [6.07, 6.45) is 80.2. The molecule has 0 spiro atoms. The standard InChI is InChI=1S/C68H129N2O6P/c1-6-8-10-12-14-16-18-20-22-24-26-28-30-32-34-35-36-38-40-42-44-46-48-50-52-54-56-58-60-62-68(72)69-66(65-76-77(73,74)75-64-63-70(3,4)5)67(71)61-59-57-55-53-51-49-47-45-43-41-39-37-33-31-29-27-25-23-21-19-17-15-13-11-9-7-2/h8,10,14,16,20,22,26,28,32,34,66-67,71H,6-7,9,11-13,15,17-19,21,23-25,27,29-31,33,35-65H2,1-5H3,(H-,69,72,73,74)/p+1/b10-8-,16-14-,22-20-,28-26-,34-32-. The van der Waals surface area contributed by atoms with Crippen molar-refractivity contribution in [2.45, 2.75) is 328 Å². The van der Waals surface area contributed by atoms with Gasteiger partial charge in [0.1, 0.15) is 13.2 Å². The van der Waals surface area contributed by atoms with Crippen molar-refractivity contribution >= 4 is 13.7 Å². The number of carbonyl (C=O) groups is 1. The summed E-state index contributed by atoms with van der Waals surface area (Å²) in [4.78, 5) is 23.4. The summed E-state index contributed by atoms with van der Waals surface area (Å²) in [5, 5.41) is 14.1. The number of quaternary nitrogens is 1.